The van der Waals surface area contributed by atoms with Gasteiger partial charge in [-0.15, -0.1) is 0 Å². The Morgan fingerprint density at radius 1 is 1.16 bits per heavy atom. The number of carbonyl (C=O) groups is 2. The normalized spacial score (nSPS) is 10.2. The van der Waals surface area contributed by atoms with Crippen LogP contribution in [0.5, 0.6) is 0 Å². The van der Waals surface area contributed by atoms with Crippen LogP contribution in [0.1, 0.15) is 21.5 Å². The number of carbonyl (C=O) groups excluding carboxylic acids is 2. The highest BCUT2D eigenvalue weighted by atomic mass is 16.6. The summed E-state index contributed by atoms with van der Waals surface area (Å²) >= 11 is 0. The highest BCUT2D eigenvalue weighted by Crippen LogP contribution is 2.20. The van der Waals surface area contributed by atoms with Crippen molar-refractivity contribution in [3.8, 4) is 0 Å². The number of nitro benzene ring substituents is 1. The molecule has 7 nitrogen and oxygen atoms in total. The molecule has 0 atom stereocenters. The smallest absolute Gasteiger partial charge is 0.325 e. The first kappa shape index (κ1) is 18.1. The van der Waals surface area contributed by atoms with Crippen molar-refractivity contribution in [2.75, 3.05) is 13.7 Å². The summed E-state index contributed by atoms with van der Waals surface area (Å²) in [6.07, 6.45) is 0. The highest BCUT2D eigenvalue weighted by Gasteiger charge is 2.21. The molecule has 130 valence electrons. The maximum atomic E-state index is 12.8. The van der Waals surface area contributed by atoms with Gasteiger partial charge in [-0.05, 0) is 24.6 Å². The van der Waals surface area contributed by atoms with Gasteiger partial charge in [0.05, 0.1) is 12.0 Å². The Labute approximate surface area is 145 Å². The van der Waals surface area contributed by atoms with Gasteiger partial charge in [0.25, 0.3) is 11.6 Å². The Morgan fingerprint density at radius 3 is 2.40 bits per heavy atom. The van der Waals surface area contributed by atoms with Crippen molar-refractivity contribution in [2.45, 2.75) is 13.5 Å². The van der Waals surface area contributed by atoms with E-state index in [2.05, 4.69) is 4.74 Å². The molecule has 0 fully saturated rings. The number of benzene rings is 2. The second kappa shape index (κ2) is 8.05. The van der Waals surface area contributed by atoms with Crippen molar-refractivity contribution in [1.82, 2.24) is 4.90 Å². The lowest BCUT2D eigenvalue weighted by atomic mass is 10.1. The molecule has 2 aromatic rings. The van der Waals surface area contributed by atoms with Crippen LogP contribution in [0.4, 0.5) is 5.69 Å². The summed E-state index contributed by atoms with van der Waals surface area (Å²) in [7, 11) is 1.25. The zero-order chi connectivity index (χ0) is 18.4. The molecular formula is C18H18N2O5. The molecule has 0 heterocycles. The van der Waals surface area contributed by atoms with Gasteiger partial charge in [-0.2, -0.15) is 0 Å². The first-order chi connectivity index (χ1) is 11.9. The zero-order valence-corrected chi connectivity index (χ0v) is 14.0. The average molecular weight is 342 g/mol. The molecule has 0 unspecified atom stereocenters. The minimum atomic E-state index is -0.539. The number of nitrogens with zero attached hydrogens (tertiary/aromatic N) is 2. The van der Waals surface area contributed by atoms with E-state index in [0.717, 1.165) is 5.56 Å². The fourth-order valence-electron chi connectivity index (χ4n) is 2.40. The topological polar surface area (TPSA) is 89.8 Å². The molecule has 0 aliphatic rings. The molecule has 0 saturated carbocycles. The van der Waals surface area contributed by atoms with E-state index in [1.807, 2.05) is 30.3 Å². The maximum Gasteiger partial charge on any atom is 0.325 e. The quantitative estimate of drug-likeness (QED) is 0.457. The van der Waals surface area contributed by atoms with Crippen molar-refractivity contribution in [3.63, 3.8) is 0 Å². The number of ether oxygens (including phenoxy) is 1. The van der Waals surface area contributed by atoms with Gasteiger partial charge in [-0.25, -0.2) is 0 Å². The van der Waals surface area contributed by atoms with Crippen LogP contribution in [0.2, 0.25) is 0 Å². The van der Waals surface area contributed by atoms with E-state index in [-0.39, 0.29) is 24.3 Å². The molecule has 0 aromatic heterocycles. The standard InChI is InChI=1S/C18H18N2O5/c1-13-10-15(8-9-16(13)20(23)24)18(22)19(12-17(21)25-2)11-14-6-4-3-5-7-14/h3-10H,11-12H2,1-2H3. The number of aryl methyl sites for hydroxylation is 1. The molecule has 0 bridgehead atoms. The third kappa shape index (κ3) is 4.63. The summed E-state index contributed by atoms with van der Waals surface area (Å²) in [6.45, 7) is 1.59. The second-order valence-electron chi connectivity index (χ2n) is 5.48. The van der Waals surface area contributed by atoms with E-state index in [1.54, 1.807) is 6.92 Å². The molecule has 0 aliphatic heterocycles. The monoisotopic (exact) mass is 342 g/mol. The first-order valence-corrected chi connectivity index (χ1v) is 7.57. The minimum Gasteiger partial charge on any atom is -0.468 e. The summed E-state index contributed by atoms with van der Waals surface area (Å²) in [5.74, 6) is -0.935. The molecule has 7 heteroatoms. The number of nitro groups is 1. The van der Waals surface area contributed by atoms with Crippen LogP contribution in [0.15, 0.2) is 48.5 Å². The Hall–Kier alpha value is -3.22. The molecule has 1 amide bonds. The van der Waals surface area contributed by atoms with E-state index in [9.17, 15) is 19.7 Å². The fourth-order valence-corrected chi connectivity index (χ4v) is 2.40. The van der Waals surface area contributed by atoms with Crippen molar-refractivity contribution in [3.05, 3.63) is 75.3 Å². The van der Waals surface area contributed by atoms with Crippen LogP contribution in [-0.2, 0) is 16.1 Å². The molecular weight excluding hydrogens is 324 g/mol. The van der Waals surface area contributed by atoms with Crippen LogP contribution < -0.4 is 0 Å². The molecule has 2 aromatic carbocycles. The number of methoxy groups -OCH3 is 1. The first-order valence-electron chi connectivity index (χ1n) is 7.57. The Kier molecular flexibility index (Phi) is 5.84. The number of amides is 1. The van der Waals surface area contributed by atoms with Gasteiger partial charge in [0, 0.05) is 23.7 Å². The lowest BCUT2D eigenvalue weighted by Gasteiger charge is -2.22. The van der Waals surface area contributed by atoms with Crippen molar-refractivity contribution in [1.29, 1.82) is 0 Å². The van der Waals surface area contributed by atoms with Gasteiger partial charge in [0.1, 0.15) is 6.54 Å². The van der Waals surface area contributed by atoms with Crippen molar-refractivity contribution < 1.29 is 19.2 Å². The summed E-state index contributed by atoms with van der Waals surface area (Å²) in [5, 5.41) is 10.9. The zero-order valence-electron chi connectivity index (χ0n) is 14.0. The Balaban J connectivity index is 2.29. The fraction of sp³-hybridized carbons (Fsp3) is 0.222. The van der Waals surface area contributed by atoms with E-state index in [4.69, 9.17) is 0 Å². The number of esters is 1. The molecule has 0 saturated heterocycles. The van der Waals surface area contributed by atoms with Gasteiger partial charge in [-0.3, -0.25) is 19.7 Å². The van der Waals surface area contributed by atoms with E-state index in [0.29, 0.717) is 5.56 Å². The van der Waals surface area contributed by atoms with Crippen LogP contribution in [-0.4, -0.2) is 35.4 Å². The van der Waals surface area contributed by atoms with Gasteiger partial charge < -0.3 is 9.64 Å². The Bertz CT molecular complexity index is 789. The molecule has 0 N–H and O–H groups in total. The van der Waals surface area contributed by atoms with Gasteiger partial charge >= 0.3 is 5.97 Å². The predicted molar refractivity (Wildman–Crippen MR) is 91.0 cm³/mol. The molecule has 0 radical (unpaired) electrons. The number of hydrogen-bond donors (Lipinski definition) is 0. The van der Waals surface area contributed by atoms with E-state index in [1.165, 1.54) is 30.2 Å². The van der Waals surface area contributed by atoms with E-state index < -0.39 is 16.8 Å². The second-order valence-corrected chi connectivity index (χ2v) is 5.48. The van der Waals surface area contributed by atoms with Gasteiger partial charge in [0.2, 0.25) is 0 Å². The lowest BCUT2D eigenvalue weighted by Crippen LogP contribution is -2.35. The van der Waals surface area contributed by atoms with Gasteiger partial charge in [0.15, 0.2) is 0 Å². The van der Waals surface area contributed by atoms with Crippen LogP contribution in [0.3, 0.4) is 0 Å². The van der Waals surface area contributed by atoms with Crippen molar-refractivity contribution in [2.24, 2.45) is 0 Å². The predicted octanol–water partition coefficient (Wildman–Crippen LogP) is 2.72. The van der Waals surface area contributed by atoms with Gasteiger partial charge in [-0.1, -0.05) is 30.3 Å². The van der Waals surface area contributed by atoms with Crippen LogP contribution in [0, 0.1) is 17.0 Å². The van der Waals surface area contributed by atoms with Crippen molar-refractivity contribution >= 4 is 17.6 Å². The summed E-state index contributed by atoms with van der Waals surface area (Å²) < 4.78 is 4.66. The summed E-state index contributed by atoms with van der Waals surface area (Å²) in [4.78, 5) is 36.2. The number of rotatable bonds is 6. The largest absolute Gasteiger partial charge is 0.468 e. The highest BCUT2D eigenvalue weighted by molar-refractivity contribution is 5.96. The van der Waals surface area contributed by atoms with Crippen LogP contribution in [0.25, 0.3) is 0 Å². The summed E-state index contributed by atoms with van der Waals surface area (Å²) in [5.41, 5.74) is 1.47. The Morgan fingerprint density at radius 2 is 1.84 bits per heavy atom. The minimum absolute atomic E-state index is 0.0564. The number of hydrogen-bond acceptors (Lipinski definition) is 5. The molecule has 25 heavy (non-hydrogen) atoms. The van der Waals surface area contributed by atoms with Crippen LogP contribution >= 0.6 is 0 Å². The van der Waals surface area contributed by atoms with E-state index >= 15 is 0 Å². The lowest BCUT2D eigenvalue weighted by molar-refractivity contribution is -0.385. The molecule has 0 aliphatic carbocycles. The third-order valence-electron chi connectivity index (χ3n) is 3.69. The third-order valence-corrected chi connectivity index (χ3v) is 3.69. The maximum absolute atomic E-state index is 12.8. The molecule has 0 spiro atoms. The summed E-state index contributed by atoms with van der Waals surface area (Å²) in [6, 6.07) is 13.4. The average Bonchev–Trinajstić information content (AvgIpc) is 2.60. The molecule has 2 rings (SSSR count). The SMILES string of the molecule is COC(=O)CN(Cc1ccccc1)C(=O)c1ccc([N+](=O)[O-])c(C)c1.